The molecular weight excluding hydrogens is 384 g/mol. The van der Waals surface area contributed by atoms with Crippen molar-refractivity contribution < 1.29 is 14.3 Å². The highest BCUT2D eigenvalue weighted by molar-refractivity contribution is 7.21. The second-order valence-corrected chi connectivity index (χ2v) is 7.30. The Balaban J connectivity index is 1.44. The molecule has 5 nitrogen and oxygen atoms in total. The molecular formula is C23H20N2O3S. The number of nitrogens with zero attached hydrogens (tertiary/aromatic N) is 1. The molecule has 29 heavy (non-hydrogen) atoms. The van der Waals surface area contributed by atoms with Gasteiger partial charge in [-0.3, -0.25) is 4.79 Å². The van der Waals surface area contributed by atoms with Crippen LogP contribution in [-0.4, -0.2) is 24.1 Å². The van der Waals surface area contributed by atoms with Crippen LogP contribution in [0.3, 0.4) is 0 Å². The first-order valence-corrected chi connectivity index (χ1v) is 10.1. The first-order chi connectivity index (χ1) is 14.2. The Hall–Kier alpha value is -3.38. The van der Waals surface area contributed by atoms with Crippen LogP contribution in [0.4, 0.5) is 5.69 Å². The number of hydrogen-bond donors (Lipinski definition) is 1. The summed E-state index contributed by atoms with van der Waals surface area (Å²) >= 11 is 1.60. The minimum Gasteiger partial charge on any atom is -0.494 e. The summed E-state index contributed by atoms with van der Waals surface area (Å²) in [7, 11) is 0. The van der Waals surface area contributed by atoms with E-state index in [1.165, 1.54) is 0 Å². The number of anilines is 1. The molecule has 0 saturated carbocycles. The number of thiazole rings is 1. The van der Waals surface area contributed by atoms with Gasteiger partial charge in [-0.25, -0.2) is 4.98 Å². The molecule has 0 spiro atoms. The second kappa shape index (κ2) is 8.75. The average Bonchev–Trinajstić information content (AvgIpc) is 3.18. The zero-order chi connectivity index (χ0) is 20.1. The Labute approximate surface area is 172 Å². The molecule has 0 aliphatic heterocycles. The van der Waals surface area contributed by atoms with Crippen LogP contribution in [0.2, 0.25) is 0 Å². The molecule has 0 atom stereocenters. The topological polar surface area (TPSA) is 60.5 Å². The van der Waals surface area contributed by atoms with Crippen LogP contribution in [0.15, 0.2) is 72.8 Å². The van der Waals surface area contributed by atoms with E-state index in [1.54, 1.807) is 23.5 Å². The fourth-order valence-corrected chi connectivity index (χ4v) is 3.91. The first-order valence-electron chi connectivity index (χ1n) is 9.33. The van der Waals surface area contributed by atoms with Crippen molar-refractivity contribution >= 4 is 33.1 Å². The van der Waals surface area contributed by atoms with E-state index in [0.717, 1.165) is 26.5 Å². The van der Waals surface area contributed by atoms with Gasteiger partial charge in [0.25, 0.3) is 5.91 Å². The molecule has 0 fully saturated rings. The molecule has 0 bridgehead atoms. The third-order valence-corrected chi connectivity index (χ3v) is 5.30. The van der Waals surface area contributed by atoms with Crippen molar-refractivity contribution in [2.75, 3.05) is 18.5 Å². The lowest BCUT2D eigenvalue weighted by Gasteiger charge is -2.11. The molecule has 0 aliphatic carbocycles. The zero-order valence-electron chi connectivity index (χ0n) is 15.9. The van der Waals surface area contributed by atoms with Gasteiger partial charge < -0.3 is 14.8 Å². The minimum absolute atomic E-state index is 0.0812. The quantitative estimate of drug-likeness (QED) is 0.449. The Kier molecular flexibility index (Phi) is 5.72. The predicted octanol–water partition coefficient (Wildman–Crippen LogP) is 5.38. The van der Waals surface area contributed by atoms with Crippen molar-refractivity contribution in [2.45, 2.75) is 6.92 Å². The highest BCUT2D eigenvalue weighted by Gasteiger charge is 2.12. The number of rotatable bonds is 7. The van der Waals surface area contributed by atoms with Gasteiger partial charge >= 0.3 is 0 Å². The number of amides is 1. The van der Waals surface area contributed by atoms with E-state index in [1.807, 2.05) is 67.6 Å². The maximum absolute atomic E-state index is 12.4. The summed E-state index contributed by atoms with van der Waals surface area (Å²) in [6.45, 7) is 2.46. The minimum atomic E-state index is -0.229. The number of carbonyl (C=O) groups excluding carboxylic acids is 1. The summed E-state index contributed by atoms with van der Waals surface area (Å²) in [4.78, 5) is 17.1. The molecule has 0 radical (unpaired) electrons. The van der Waals surface area contributed by atoms with E-state index in [9.17, 15) is 4.79 Å². The lowest BCUT2D eigenvalue weighted by molar-refractivity contribution is -0.118. The molecule has 146 valence electrons. The van der Waals surface area contributed by atoms with Gasteiger partial charge in [-0.15, -0.1) is 11.3 Å². The summed E-state index contributed by atoms with van der Waals surface area (Å²) in [6, 6.07) is 22.9. The molecule has 0 unspecified atom stereocenters. The van der Waals surface area contributed by atoms with Crippen LogP contribution < -0.4 is 14.8 Å². The van der Waals surface area contributed by atoms with Crippen molar-refractivity contribution in [3.8, 4) is 22.1 Å². The smallest absolute Gasteiger partial charge is 0.262 e. The van der Waals surface area contributed by atoms with Crippen LogP contribution in [0.5, 0.6) is 11.5 Å². The van der Waals surface area contributed by atoms with Crippen LogP contribution >= 0.6 is 11.3 Å². The van der Waals surface area contributed by atoms with Gasteiger partial charge in [0.15, 0.2) is 6.61 Å². The van der Waals surface area contributed by atoms with Crippen molar-refractivity contribution in [3.63, 3.8) is 0 Å². The molecule has 0 aliphatic rings. The number of ether oxygens (including phenoxy) is 2. The van der Waals surface area contributed by atoms with E-state index >= 15 is 0 Å². The monoisotopic (exact) mass is 404 g/mol. The number of para-hydroxylation sites is 2. The molecule has 1 N–H and O–H groups in total. The molecule has 3 aromatic carbocycles. The molecule has 4 aromatic rings. The number of aromatic nitrogens is 1. The maximum atomic E-state index is 12.4. The molecule has 1 amide bonds. The van der Waals surface area contributed by atoms with Gasteiger partial charge in [0.1, 0.15) is 16.5 Å². The first kappa shape index (κ1) is 19.0. The molecule has 6 heteroatoms. The normalized spacial score (nSPS) is 10.7. The van der Waals surface area contributed by atoms with Crippen LogP contribution in [0, 0.1) is 0 Å². The molecule has 4 rings (SSSR count). The van der Waals surface area contributed by atoms with Crippen LogP contribution in [-0.2, 0) is 4.79 Å². The zero-order valence-corrected chi connectivity index (χ0v) is 16.7. The summed E-state index contributed by atoms with van der Waals surface area (Å²) in [5.41, 5.74) is 2.56. The Bertz CT molecular complexity index is 1090. The van der Waals surface area contributed by atoms with Crippen molar-refractivity contribution in [1.29, 1.82) is 0 Å². The number of carbonyl (C=O) groups is 1. The second-order valence-electron chi connectivity index (χ2n) is 6.27. The van der Waals surface area contributed by atoms with Gasteiger partial charge in [-0.2, -0.15) is 0 Å². The van der Waals surface area contributed by atoms with E-state index in [2.05, 4.69) is 5.32 Å². The largest absolute Gasteiger partial charge is 0.494 e. The summed E-state index contributed by atoms with van der Waals surface area (Å²) in [6.07, 6.45) is 0. The number of nitrogens with one attached hydrogen (secondary N) is 1. The summed E-state index contributed by atoms with van der Waals surface area (Å²) < 4.78 is 12.1. The number of benzene rings is 3. The Morgan fingerprint density at radius 3 is 2.38 bits per heavy atom. The van der Waals surface area contributed by atoms with E-state index in [4.69, 9.17) is 14.5 Å². The summed E-state index contributed by atoms with van der Waals surface area (Å²) in [5.74, 6) is 1.16. The lowest BCUT2D eigenvalue weighted by atomic mass is 10.2. The molecule has 1 aromatic heterocycles. The fraction of sp³-hybridized carbons (Fsp3) is 0.130. The SMILES string of the molecule is CCOc1ccc(OCC(=O)Nc2ccccc2-c2nc3ccccc3s2)cc1. The fourth-order valence-electron chi connectivity index (χ4n) is 2.90. The molecule has 0 saturated heterocycles. The van der Waals surface area contributed by atoms with Crippen LogP contribution in [0.25, 0.3) is 20.8 Å². The van der Waals surface area contributed by atoms with Crippen molar-refractivity contribution in [3.05, 3.63) is 72.8 Å². The highest BCUT2D eigenvalue weighted by atomic mass is 32.1. The van der Waals surface area contributed by atoms with Crippen molar-refractivity contribution in [1.82, 2.24) is 4.98 Å². The van der Waals surface area contributed by atoms with Crippen LogP contribution in [0.1, 0.15) is 6.92 Å². The Morgan fingerprint density at radius 2 is 1.62 bits per heavy atom. The lowest BCUT2D eigenvalue weighted by Crippen LogP contribution is -2.20. The van der Waals surface area contributed by atoms with E-state index in [0.29, 0.717) is 18.0 Å². The third kappa shape index (κ3) is 4.55. The van der Waals surface area contributed by atoms with Gasteiger partial charge in [0.05, 0.1) is 22.5 Å². The Morgan fingerprint density at radius 1 is 0.931 bits per heavy atom. The van der Waals surface area contributed by atoms with Gasteiger partial charge in [0.2, 0.25) is 0 Å². The maximum Gasteiger partial charge on any atom is 0.262 e. The van der Waals surface area contributed by atoms with Gasteiger partial charge in [-0.05, 0) is 55.5 Å². The predicted molar refractivity (Wildman–Crippen MR) is 117 cm³/mol. The van der Waals surface area contributed by atoms with Crippen molar-refractivity contribution in [2.24, 2.45) is 0 Å². The number of fused-ring (bicyclic) bond motifs is 1. The van der Waals surface area contributed by atoms with E-state index in [-0.39, 0.29) is 12.5 Å². The molecule has 1 heterocycles. The average molecular weight is 404 g/mol. The van der Waals surface area contributed by atoms with Gasteiger partial charge in [-0.1, -0.05) is 24.3 Å². The highest BCUT2D eigenvalue weighted by Crippen LogP contribution is 2.34. The number of hydrogen-bond acceptors (Lipinski definition) is 5. The third-order valence-electron chi connectivity index (χ3n) is 4.23. The standard InChI is InChI=1S/C23H20N2O3S/c1-2-27-16-11-13-17(14-12-16)28-15-22(26)24-19-8-4-3-7-18(19)23-25-20-9-5-6-10-21(20)29-23/h3-14H,2,15H2,1H3,(H,24,26). The van der Waals surface area contributed by atoms with Gasteiger partial charge in [0, 0.05) is 5.56 Å². The van der Waals surface area contributed by atoms with E-state index < -0.39 is 0 Å². The summed E-state index contributed by atoms with van der Waals surface area (Å²) in [5, 5.41) is 3.80.